The van der Waals surface area contributed by atoms with Crippen LogP contribution in [0.3, 0.4) is 0 Å². The number of carbonyl (C=O) groups is 1. The van der Waals surface area contributed by atoms with Crippen LogP contribution in [-0.4, -0.2) is 36.5 Å². The summed E-state index contributed by atoms with van der Waals surface area (Å²) in [5.41, 5.74) is -0.492. The van der Waals surface area contributed by atoms with Crippen LogP contribution in [0.5, 0.6) is 0 Å². The average molecular weight is 328 g/mol. The molecule has 1 fully saturated rings. The Morgan fingerprint density at radius 1 is 1.17 bits per heavy atom. The second-order valence-electron chi connectivity index (χ2n) is 6.34. The van der Waals surface area contributed by atoms with Gasteiger partial charge in [0.15, 0.2) is 0 Å². The molecule has 1 aliphatic rings. The summed E-state index contributed by atoms with van der Waals surface area (Å²) >= 11 is 0. The largest absolute Gasteiger partial charge is 0.416 e. The fraction of sp³-hybridized carbons (Fsp3) is 0.588. The molecular formula is C17H23F3N2O. The molecule has 2 rings (SSSR count). The molecule has 0 spiro atoms. The van der Waals surface area contributed by atoms with Gasteiger partial charge in [0.1, 0.15) is 0 Å². The molecule has 1 aliphatic heterocycles. The van der Waals surface area contributed by atoms with E-state index in [1.165, 1.54) is 25.0 Å². The van der Waals surface area contributed by atoms with Crippen molar-refractivity contribution in [3.8, 4) is 0 Å². The van der Waals surface area contributed by atoms with Gasteiger partial charge in [-0.15, -0.1) is 0 Å². The maximum Gasteiger partial charge on any atom is 0.416 e. The second-order valence-corrected chi connectivity index (χ2v) is 6.34. The lowest BCUT2D eigenvalue weighted by molar-refractivity contribution is -0.137. The quantitative estimate of drug-likeness (QED) is 0.896. The molecule has 0 aliphatic carbocycles. The van der Waals surface area contributed by atoms with E-state index < -0.39 is 11.7 Å². The van der Waals surface area contributed by atoms with Crippen LogP contribution in [0, 0.1) is 5.92 Å². The number of likely N-dealkylation sites (tertiary alicyclic amines) is 1. The lowest BCUT2D eigenvalue weighted by Crippen LogP contribution is -2.45. The van der Waals surface area contributed by atoms with E-state index in [0.717, 1.165) is 25.2 Å². The standard InChI is InChI=1S/C17H23F3N2O/c1-12(2)15(22-9-3-4-10-22)11-21-16(23)13-5-7-14(8-6-13)17(18,19)20/h5-8,12,15H,3-4,9-11H2,1-2H3,(H,21,23). The molecule has 1 aromatic rings. The Labute approximate surface area is 134 Å². The van der Waals surface area contributed by atoms with E-state index in [4.69, 9.17) is 0 Å². The normalized spacial score (nSPS) is 17.5. The number of alkyl halides is 3. The molecule has 0 aromatic heterocycles. The summed E-state index contributed by atoms with van der Waals surface area (Å²) in [4.78, 5) is 14.5. The molecule has 1 unspecified atom stereocenters. The molecule has 0 radical (unpaired) electrons. The molecule has 0 bridgehead atoms. The highest BCUT2D eigenvalue weighted by Gasteiger charge is 2.30. The van der Waals surface area contributed by atoms with Gasteiger partial charge in [0, 0.05) is 18.2 Å². The monoisotopic (exact) mass is 328 g/mol. The number of amides is 1. The molecule has 23 heavy (non-hydrogen) atoms. The fourth-order valence-electron chi connectivity index (χ4n) is 2.97. The van der Waals surface area contributed by atoms with Gasteiger partial charge in [-0.25, -0.2) is 0 Å². The van der Waals surface area contributed by atoms with Gasteiger partial charge in [0.25, 0.3) is 5.91 Å². The zero-order valence-corrected chi connectivity index (χ0v) is 13.5. The molecule has 1 heterocycles. The third-order valence-corrected chi connectivity index (χ3v) is 4.33. The first-order valence-electron chi connectivity index (χ1n) is 7.98. The van der Waals surface area contributed by atoms with E-state index in [1.54, 1.807) is 0 Å². The number of nitrogens with zero attached hydrogens (tertiary/aromatic N) is 1. The zero-order chi connectivity index (χ0) is 17.0. The molecular weight excluding hydrogens is 305 g/mol. The maximum absolute atomic E-state index is 12.5. The van der Waals surface area contributed by atoms with Crippen molar-refractivity contribution in [2.24, 2.45) is 5.92 Å². The minimum Gasteiger partial charge on any atom is -0.350 e. The fourth-order valence-corrected chi connectivity index (χ4v) is 2.97. The Balaban J connectivity index is 1.95. The average Bonchev–Trinajstić information content (AvgIpc) is 3.00. The van der Waals surface area contributed by atoms with Crippen LogP contribution in [0.1, 0.15) is 42.6 Å². The van der Waals surface area contributed by atoms with E-state index in [-0.39, 0.29) is 17.5 Å². The Morgan fingerprint density at radius 2 is 1.74 bits per heavy atom. The van der Waals surface area contributed by atoms with Gasteiger partial charge in [0.05, 0.1) is 5.56 Å². The molecule has 3 nitrogen and oxygen atoms in total. The predicted molar refractivity (Wildman–Crippen MR) is 83.2 cm³/mol. The SMILES string of the molecule is CC(C)C(CNC(=O)c1ccc(C(F)(F)F)cc1)N1CCCC1. The van der Waals surface area contributed by atoms with E-state index in [1.807, 2.05) is 0 Å². The number of halogens is 3. The zero-order valence-electron chi connectivity index (χ0n) is 13.5. The number of hydrogen-bond acceptors (Lipinski definition) is 2. The van der Waals surface area contributed by atoms with Crippen LogP contribution in [0.2, 0.25) is 0 Å². The number of hydrogen-bond donors (Lipinski definition) is 1. The minimum atomic E-state index is -4.38. The minimum absolute atomic E-state index is 0.252. The van der Waals surface area contributed by atoms with Gasteiger partial charge < -0.3 is 5.32 Å². The summed E-state index contributed by atoms with van der Waals surface area (Å²) in [5.74, 6) is 0.0737. The first-order chi connectivity index (χ1) is 10.8. The molecule has 1 aromatic carbocycles. The number of benzene rings is 1. The van der Waals surface area contributed by atoms with Gasteiger partial charge >= 0.3 is 6.18 Å². The van der Waals surface area contributed by atoms with Crippen LogP contribution < -0.4 is 5.32 Å². The summed E-state index contributed by atoms with van der Waals surface area (Å²) in [7, 11) is 0. The van der Waals surface area contributed by atoms with E-state index >= 15 is 0 Å². The van der Waals surface area contributed by atoms with Crippen LogP contribution in [-0.2, 0) is 6.18 Å². The van der Waals surface area contributed by atoms with Crippen molar-refractivity contribution in [1.82, 2.24) is 10.2 Å². The summed E-state index contributed by atoms with van der Waals surface area (Å²) < 4.78 is 37.6. The van der Waals surface area contributed by atoms with Gasteiger partial charge in [-0.3, -0.25) is 9.69 Å². The van der Waals surface area contributed by atoms with Gasteiger partial charge in [-0.05, 0) is 56.1 Å². The van der Waals surface area contributed by atoms with Crippen molar-refractivity contribution in [3.63, 3.8) is 0 Å². The van der Waals surface area contributed by atoms with E-state index in [2.05, 4.69) is 24.1 Å². The highest BCUT2D eigenvalue weighted by atomic mass is 19.4. The first-order valence-corrected chi connectivity index (χ1v) is 7.98. The van der Waals surface area contributed by atoms with Crippen molar-refractivity contribution in [2.45, 2.75) is 38.9 Å². The van der Waals surface area contributed by atoms with Crippen molar-refractivity contribution in [1.29, 1.82) is 0 Å². The lowest BCUT2D eigenvalue weighted by Gasteiger charge is -2.31. The van der Waals surface area contributed by atoms with Crippen molar-refractivity contribution in [3.05, 3.63) is 35.4 Å². The molecule has 1 atom stereocenters. The first kappa shape index (κ1) is 17.8. The van der Waals surface area contributed by atoms with Crippen LogP contribution in [0.25, 0.3) is 0 Å². The van der Waals surface area contributed by atoms with Crippen LogP contribution in [0.4, 0.5) is 13.2 Å². The lowest BCUT2D eigenvalue weighted by atomic mass is 10.0. The van der Waals surface area contributed by atoms with Crippen LogP contribution in [0.15, 0.2) is 24.3 Å². The highest BCUT2D eigenvalue weighted by Crippen LogP contribution is 2.29. The van der Waals surface area contributed by atoms with E-state index in [0.29, 0.717) is 12.5 Å². The van der Waals surface area contributed by atoms with Gasteiger partial charge in [-0.1, -0.05) is 13.8 Å². The summed E-state index contributed by atoms with van der Waals surface area (Å²) in [6, 6.07) is 4.58. The maximum atomic E-state index is 12.5. The van der Waals surface area contributed by atoms with Crippen LogP contribution >= 0.6 is 0 Å². The Morgan fingerprint density at radius 3 is 2.22 bits per heavy atom. The second kappa shape index (κ2) is 7.34. The van der Waals surface area contributed by atoms with Gasteiger partial charge in [-0.2, -0.15) is 13.2 Å². The summed E-state index contributed by atoms with van der Waals surface area (Å²) in [6.45, 7) is 6.83. The number of rotatable bonds is 5. The number of carbonyl (C=O) groups excluding carboxylic acids is 1. The molecule has 1 N–H and O–H groups in total. The van der Waals surface area contributed by atoms with Crippen molar-refractivity contribution in [2.75, 3.05) is 19.6 Å². The molecule has 0 saturated carbocycles. The predicted octanol–water partition coefficient (Wildman–Crippen LogP) is 3.56. The smallest absolute Gasteiger partial charge is 0.350 e. The summed E-state index contributed by atoms with van der Waals surface area (Å²) in [5, 5.41) is 2.85. The Bertz CT molecular complexity index is 520. The third kappa shape index (κ3) is 4.70. The molecule has 128 valence electrons. The Hall–Kier alpha value is -1.56. The van der Waals surface area contributed by atoms with E-state index in [9.17, 15) is 18.0 Å². The summed E-state index contributed by atoms with van der Waals surface area (Å²) in [6.07, 6.45) is -2.03. The molecule has 6 heteroatoms. The third-order valence-electron chi connectivity index (χ3n) is 4.33. The molecule has 1 saturated heterocycles. The topological polar surface area (TPSA) is 32.3 Å². The Kier molecular flexibility index (Phi) is 5.68. The van der Waals surface area contributed by atoms with Gasteiger partial charge in [0.2, 0.25) is 0 Å². The molecule has 1 amide bonds. The van der Waals surface area contributed by atoms with Crippen molar-refractivity contribution < 1.29 is 18.0 Å². The highest BCUT2D eigenvalue weighted by molar-refractivity contribution is 5.94. The number of nitrogens with one attached hydrogen (secondary N) is 1. The van der Waals surface area contributed by atoms with Crippen molar-refractivity contribution >= 4 is 5.91 Å².